The minimum atomic E-state index is -4.99. The zero-order chi connectivity index (χ0) is 23.3. The summed E-state index contributed by atoms with van der Waals surface area (Å²) < 4.78 is 84.0. The van der Waals surface area contributed by atoms with Crippen molar-refractivity contribution in [2.24, 2.45) is 0 Å². The molecule has 0 radical (unpaired) electrons. The number of nitrogens with one attached hydrogen (secondary N) is 2. The summed E-state index contributed by atoms with van der Waals surface area (Å²) in [6, 6.07) is 5.86. The molecule has 0 saturated heterocycles. The lowest BCUT2D eigenvalue weighted by molar-refractivity contribution is -0.144. The lowest BCUT2D eigenvalue weighted by atomic mass is 10.1. The molecule has 6 nitrogen and oxygen atoms in total. The lowest BCUT2D eigenvalue weighted by Gasteiger charge is -2.18. The van der Waals surface area contributed by atoms with Gasteiger partial charge in [-0.05, 0) is 57.0 Å². The molecule has 0 aliphatic rings. The molecule has 2 N–H and O–H groups in total. The van der Waals surface area contributed by atoms with E-state index >= 15 is 0 Å². The fourth-order valence-electron chi connectivity index (χ4n) is 2.95. The zero-order valence-corrected chi connectivity index (χ0v) is 17.7. The number of H-pyrrole nitrogens is 1. The summed E-state index contributed by atoms with van der Waals surface area (Å²) in [4.78, 5) is 0. The number of anilines is 1. The van der Waals surface area contributed by atoms with E-state index in [2.05, 4.69) is 41.9 Å². The summed E-state index contributed by atoms with van der Waals surface area (Å²) in [7, 11) is 0. The minimum Gasteiger partial charge on any atom is -0.453 e. The quantitative estimate of drug-likeness (QED) is 0.282. The van der Waals surface area contributed by atoms with E-state index in [1.165, 1.54) is 6.07 Å². The van der Waals surface area contributed by atoms with Gasteiger partial charge in [0, 0.05) is 27.1 Å². The fraction of sp³-hybridized carbons (Fsp3) is 0.167. The van der Waals surface area contributed by atoms with Gasteiger partial charge in [-0.3, -0.25) is 0 Å². The molecule has 0 bridgehead atoms. The highest BCUT2D eigenvalue weighted by Crippen LogP contribution is 2.44. The molecule has 0 amide bonds. The molecule has 0 atom stereocenters. The molecule has 32 heavy (non-hydrogen) atoms. The molecule has 0 unspecified atom stereocenters. The highest BCUT2D eigenvalue weighted by molar-refractivity contribution is 9.10. The predicted octanol–water partition coefficient (Wildman–Crippen LogP) is 6.68. The number of hydrogen-bond donors (Lipinski definition) is 2. The number of halogens is 8. The van der Waals surface area contributed by atoms with Crippen molar-refractivity contribution < 1.29 is 30.8 Å². The first-order valence-electron chi connectivity index (χ1n) is 8.61. The fourth-order valence-corrected chi connectivity index (χ4v) is 3.87. The number of aromatic nitrogens is 4. The molecular formula is C18H9BrClF6N5O. The molecule has 0 aliphatic heterocycles. The number of hydrogen-bond acceptors (Lipinski definition) is 5. The van der Waals surface area contributed by atoms with Gasteiger partial charge in [-0.25, -0.2) is 0 Å². The topological polar surface area (TPSA) is 79.6 Å². The maximum absolute atomic E-state index is 13.2. The van der Waals surface area contributed by atoms with Gasteiger partial charge in [0.1, 0.15) is 5.58 Å². The van der Waals surface area contributed by atoms with E-state index in [9.17, 15) is 26.3 Å². The van der Waals surface area contributed by atoms with Crippen LogP contribution in [0.4, 0.5) is 32.0 Å². The molecule has 4 aromatic rings. The normalized spacial score (nSPS) is 12.5. The minimum absolute atomic E-state index is 0.163. The number of nitrogens with zero attached hydrogens (tertiary/aromatic N) is 3. The second kappa shape index (κ2) is 7.96. The zero-order valence-electron chi connectivity index (χ0n) is 15.4. The Morgan fingerprint density at radius 2 is 1.66 bits per heavy atom. The van der Waals surface area contributed by atoms with Crippen LogP contribution in [0.15, 0.2) is 39.2 Å². The third-order valence-corrected chi connectivity index (χ3v) is 5.62. The van der Waals surface area contributed by atoms with Gasteiger partial charge in [0.15, 0.2) is 5.76 Å². The van der Waals surface area contributed by atoms with E-state index in [1.807, 2.05) is 0 Å². The van der Waals surface area contributed by atoms with Crippen LogP contribution in [0.25, 0.3) is 22.6 Å². The first-order chi connectivity index (χ1) is 14.9. The molecular weight excluding hydrogens is 532 g/mol. The number of aromatic amines is 1. The van der Waals surface area contributed by atoms with E-state index in [0.717, 1.165) is 0 Å². The Hall–Kier alpha value is -2.80. The van der Waals surface area contributed by atoms with Gasteiger partial charge in [0.25, 0.3) is 0 Å². The molecule has 0 aliphatic carbocycles. The van der Waals surface area contributed by atoms with E-state index < -0.39 is 28.0 Å². The van der Waals surface area contributed by atoms with Crippen molar-refractivity contribution in [1.29, 1.82) is 0 Å². The average molecular weight is 541 g/mol. The van der Waals surface area contributed by atoms with E-state index in [4.69, 9.17) is 16.0 Å². The molecule has 2 aromatic heterocycles. The van der Waals surface area contributed by atoms with Crippen LogP contribution in [0.3, 0.4) is 0 Å². The van der Waals surface area contributed by atoms with E-state index in [-0.39, 0.29) is 23.1 Å². The Bertz CT molecular complexity index is 1250. The highest BCUT2D eigenvalue weighted by Gasteiger charge is 2.40. The monoisotopic (exact) mass is 539 g/mol. The first-order valence-corrected chi connectivity index (χ1v) is 9.78. The Kier molecular flexibility index (Phi) is 5.57. The smallest absolute Gasteiger partial charge is 0.417 e. The van der Waals surface area contributed by atoms with Gasteiger partial charge in [-0.15, -0.1) is 10.2 Å². The van der Waals surface area contributed by atoms with E-state index in [1.54, 1.807) is 12.1 Å². The van der Waals surface area contributed by atoms with Gasteiger partial charge in [-0.2, -0.15) is 31.6 Å². The number of fused-ring (bicyclic) bond motifs is 1. The second-order valence-corrected chi connectivity index (χ2v) is 7.76. The summed E-state index contributed by atoms with van der Waals surface area (Å²) in [6.07, 6.45) is -9.99. The third kappa shape index (κ3) is 4.39. The number of furan rings is 1. The van der Waals surface area contributed by atoms with Crippen molar-refractivity contribution in [1.82, 2.24) is 20.6 Å². The van der Waals surface area contributed by atoms with Crippen molar-refractivity contribution in [3.8, 4) is 11.6 Å². The van der Waals surface area contributed by atoms with Gasteiger partial charge >= 0.3 is 12.4 Å². The first kappa shape index (κ1) is 22.4. The summed E-state index contributed by atoms with van der Waals surface area (Å²) in [5.74, 6) is 0.499. The Morgan fingerprint density at radius 1 is 1.00 bits per heavy atom. The third-order valence-electron chi connectivity index (χ3n) is 4.42. The van der Waals surface area contributed by atoms with Gasteiger partial charge in [0.2, 0.25) is 5.82 Å². The molecule has 168 valence electrons. The summed E-state index contributed by atoms with van der Waals surface area (Å²) in [6.45, 7) is -0.163. The molecule has 4 rings (SSSR count). The van der Waals surface area contributed by atoms with E-state index in [0.29, 0.717) is 34.4 Å². The van der Waals surface area contributed by atoms with Crippen molar-refractivity contribution in [2.75, 3.05) is 5.32 Å². The van der Waals surface area contributed by atoms with Gasteiger partial charge in [0.05, 0.1) is 11.1 Å². The second-order valence-electron chi connectivity index (χ2n) is 6.56. The molecule has 14 heteroatoms. The largest absolute Gasteiger partial charge is 0.453 e. The van der Waals surface area contributed by atoms with Crippen molar-refractivity contribution in [2.45, 2.75) is 18.9 Å². The Morgan fingerprint density at radius 3 is 2.22 bits per heavy atom. The number of tetrazole rings is 1. The molecule has 2 aromatic carbocycles. The molecule has 0 saturated carbocycles. The number of alkyl halides is 6. The van der Waals surface area contributed by atoms with Crippen LogP contribution >= 0.6 is 27.5 Å². The average Bonchev–Trinajstić information content (AvgIpc) is 3.34. The Balaban J connectivity index is 1.66. The van der Waals surface area contributed by atoms with Crippen molar-refractivity contribution >= 4 is 44.2 Å². The van der Waals surface area contributed by atoms with Crippen molar-refractivity contribution in [3.05, 3.63) is 56.5 Å². The summed E-state index contributed by atoms with van der Waals surface area (Å²) in [5.41, 5.74) is -2.53. The molecule has 0 fully saturated rings. The molecule has 2 heterocycles. The van der Waals surface area contributed by atoms with Crippen LogP contribution in [0.5, 0.6) is 0 Å². The lowest BCUT2D eigenvalue weighted by Crippen LogP contribution is -2.14. The van der Waals surface area contributed by atoms with Gasteiger partial charge in [-0.1, -0.05) is 11.6 Å². The highest BCUT2D eigenvalue weighted by atomic mass is 79.9. The Labute approximate surface area is 188 Å². The standard InChI is InChI=1S/C18H9BrClF6N5O/c19-15-10(17(21,22)23)4-9(5-11(15)18(24,25)26)27-6-8-3-13-7(1-12(8)20)2-14(32-13)16-28-30-31-29-16/h1-5,27H,6H2,(H,28,29,30,31). The van der Waals surface area contributed by atoms with Crippen LogP contribution in [-0.2, 0) is 18.9 Å². The van der Waals surface area contributed by atoms with Gasteiger partial charge < -0.3 is 9.73 Å². The van der Waals surface area contributed by atoms with Crippen LogP contribution < -0.4 is 5.32 Å². The molecule has 0 spiro atoms. The summed E-state index contributed by atoms with van der Waals surface area (Å²) >= 11 is 8.66. The van der Waals surface area contributed by atoms with Crippen LogP contribution in [0.1, 0.15) is 16.7 Å². The maximum Gasteiger partial charge on any atom is 0.417 e. The number of rotatable bonds is 4. The van der Waals surface area contributed by atoms with Crippen molar-refractivity contribution in [3.63, 3.8) is 0 Å². The van der Waals surface area contributed by atoms with Crippen LogP contribution in [-0.4, -0.2) is 20.6 Å². The maximum atomic E-state index is 13.2. The van der Waals surface area contributed by atoms with Crippen LogP contribution in [0.2, 0.25) is 5.02 Å². The summed E-state index contributed by atoms with van der Waals surface area (Å²) in [5, 5.41) is 16.7. The SMILES string of the molecule is FC(F)(F)c1cc(NCc2cc3oc(-c4nn[nH]n4)cc3cc2Cl)cc(C(F)(F)F)c1Br. The predicted molar refractivity (Wildman–Crippen MR) is 106 cm³/mol. The van der Waals surface area contributed by atoms with Crippen LogP contribution in [0, 0.1) is 0 Å². The number of benzene rings is 2.